The van der Waals surface area contributed by atoms with Gasteiger partial charge in [-0.25, -0.2) is 22.5 Å². The van der Waals surface area contributed by atoms with Crippen LogP contribution in [0.4, 0.5) is 10.1 Å². The van der Waals surface area contributed by atoms with Crippen LogP contribution in [0.1, 0.15) is 88.9 Å². The molecule has 0 aliphatic heterocycles. The summed E-state index contributed by atoms with van der Waals surface area (Å²) in [6.07, 6.45) is 5.17. The minimum absolute atomic E-state index is 0.0485. The molecule has 4 rings (SSSR count). The van der Waals surface area contributed by atoms with E-state index in [1.54, 1.807) is 85.1 Å². The number of carbonyl (C=O) groups is 2. The molecule has 2 aromatic carbocycles. The molecule has 0 spiro atoms. The lowest BCUT2D eigenvalue weighted by molar-refractivity contribution is -0.121. The molecule has 1 amide bonds. The molecule has 9 nitrogen and oxygen atoms in total. The van der Waals surface area contributed by atoms with Crippen molar-refractivity contribution in [2.24, 2.45) is 5.92 Å². The van der Waals surface area contributed by atoms with E-state index < -0.39 is 21.4 Å². The third-order valence-electron chi connectivity index (χ3n) is 7.78. The molecule has 1 N–H and O–H groups in total. The van der Waals surface area contributed by atoms with E-state index in [4.69, 9.17) is 4.98 Å². The lowest BCUT2D eigenvalue weighted by Gasteiger charge is -2.24. The summed E-state index contributed by atoms with van der Waals surface area (Å²) in [5, 5.41) is 0. The van der Waals surface area contributed by atoms with Crippen LogP contribution in [0.2, 0.25) is 0 Å². The molecule has 0 saturated heterocycles. The van der Waals surface area contributed by atoms with E-state index in [0.717, 1.165) is 6.42 Å². The first-order valence-electron chi connectivity index (χ1n) is 16.4. The van der Waals surface area contributed by atoms with Gasteiger partial charge in [-0.2, -0.15) is 0 Å². The highest BCUT2D eigenvalue weighted by Gasteiger charge is 2.27. The number of benzene rings is 2. The Morgan fingerprint density at radius 2 is 1.77 bits per heavy atom. The Hall–Kier alpha value is -4.22. The highest BCUT2D eigenvalue weighted by molar-refractivity contribution is 7.89. The maximum absolute atomic E-state index is 15.9. The standard InChI is InChI=1S/C37H46FN5O4S/c1-8-13-34-40-31(9-2)35(32(44)19-21-42(36(45)25(3)4)28-14-12-20-39-23-28)43(34)24-27-18-17-26(22-30(27)38)29-15-10-11-16-33(29)48(46,47)41-37(5,6)7/h10-12,14-18,20,22-23,25,41H,8-9,13,19,21,24H2,1-7H3. The number of anilines is 1. The highest BCUT2D eigenvalue weighted by Crippen LogP contribution is 2.30. The number of imidazole rings is 1. The SMILES string of the molecule is CCCc1nc(CC)c(C(=O)CCN(C(=O)C(C)C)c2cccnc2)n1Cc1ccc(-c2ccccc2S(=O)(=O)NC(C)(C)C)cc1F. The number of nitrogens with zero attached hydrogens (tertiary/aromatic N) is 4. The number of sulfonamides is 1. The van der Waals surface area contributed by atoms with Gasteiger partial charge in [0, 0.05) is 48.2 Å². The van der Waals surface area contributed by atoms with Crippen LogP contribution >= 0.6 is 0 Å². The number of amides is 1. The summed E-state index contributed by atoms with van der Waals surface area (Å²) in [6, 6.07) is 14.7. The fourth-order valence-electron chi connectivity index (χ4n) is 5.63. The zero-order valence-corrected chi connectivity index (χ0v) is 29.7. The molecule has 0 fully saturated rings. The molecule has 256 valence electrons. The zero-order valence-electron chi connectivity index (χ0n) is 28.9. The maximum atomic E-state index is 15.9. The van der Waals surface area contributed by atoms with Gasteiger partial charge in [0.15, 0.2) is 5.78 Å². The third kappa shape index (κ3) is 8.62. The van der Waals surface area contributed by atoms with Crippen molar-refractivity contribution in [2.75, 3.05) is 11.4 Å². The van der Waals surface area contributed by atoms with Crippen LogP contribution < -0.4 is 9.62 Å². The third-order valence-corrected chi connectivity index (χ3v) is 9.60. The maximum Gasteiger partial charge on any atom is 0.241 e. The molecule has 0 saturated carbocycles. The Kier molecular flexibility index (Phi) is 11.7. The van der Waals surface area contributed by atoms with Gasteiger partial charge in [-0.1, -0.05) is 58.0 Å². The molecule has 2 aromatic heterocycles. The van der Waals surface area contributed by atoms with Crippen molar-refractivity contribution in [3.63, 3.8) is 0 Å². The van der Waals surface area contributed by atoms with Crippen molar-refractivity contribution in [1.29, 1.82) is 0 Å². The first-order chi connectivity index (χ1) is 22.7. The summed E-state index contributed by atoms with van der Waals surface area (Å²) in [5.41, 5.74) is 2.10. The summed E-state index contributed by atoms with van der Waals surface area (Å²) in [4.78, 5) is 37.7. The number of carbonyl (C=O) groups excluding carboxylic acids is 2. The van der Waals surface area contributed by atoms with Crippen molar-refractivity contribution >= 4 is 27.4 Å². The smallest absolute Gasteiger partial charge is 0.241 e. The molecule has 0 aliphatic carbocycles. The summed E-state index contributed by atoms with van der Waals surface area (Å²) >= 11 is 0. The Morgan fingerprint density at radius 1 is 1.04 bits per heavy atom. The molecule has 11 heteroatoms. The first-order valence-corrected chi connectivity index (χ1v) is 17.9. The van der Waals surface area contributed by atoms with Gasteiger partial charge < -0.3 is 9.47 Å². The molecular formula is C37H46FN5O4S. The van der Waals surface area contributed by atoms with Crippen molar-refractivity contribution in [3.8, 4) is 11.1 Å². The minimum atomic E-state index is -3.89. The Bertz CT molecular complexity index is 1860. The monoisotopic (exact) mass is 675 g/mol. The number of hydrogen-bond acceptors (Lipinski definition) is 6. The van der Waals surface area contributed by atoms with Crippen LogP contribution in [-0.4, -0.2) is 46.7 Å². The van der Waals surface area contributed by atoms with Gasteiger partial charge in [0.2, 0.25) is 15.9 Å². The molecule has 0 aliphatic rings. The Morgan fingerprint density at radius 3 is 2.38 bits per heavy atom. The van der Waals surface area contributed by atoms with E-state index in [9.17, 15) is 18.0 Å². The predicted molar refractivity (Wildman–Crippen MR) is 187 cm³/mol. The normalized spacial score (nSPS) is 12.0. The number of aromatic nitrogens is 3. The second kappa shape index (κ2) is 15.3. The molecule has 0 radical (unpaired) electrons. The number of halogens is 1. The Balaban J connectivity index is 1.68. The van der Waals surface area contributed by atoms with E-state index >= 15 is 4.39 Å². The number of Topliss-reactive ketones (excluding diaryl/α,β-unsaturated/α-hetero) is 1. The second-order valence-corrected chi connectivity index (χ2v) is 14.9. The van der Waals surface area contributed by atoms with Crippen LogP contribution in [-0.2, 0) is 34.2 Å². The molecule has 0 unspecified atom stereocenters. The van der Waals surface area contributed by atoms with Crippen LogP contribution in [0, 0.1) is 11.7 Å². The number of rotatable bonds is 14. The molecule has 4 aromatic rings. The predicted octanol–water partition coefficient (Wildman–Crippen LogP) is 6.99. The molecule has 2 heterocycles. The van der Waals surface area contributed by atoms with E-state index in [2.05, 4.69) is 9.71 Å². The molecule has 0 atom stereocenters. The van der Waals surface area contributed by atoms with Crippen LogP contribution in [0.25, 0.3) is 11.1 Å². The van der Waals surface area contributed by atoms with Gasteiger partial charge in [0.25, 0.3) is 0 Å². The summed E-state index contributed by atoms with van der Waals surface area (Å²) in [7, 11) is -3.89. The van der Waals surface area contributed by atoms with Gasteiger partial charge in [0.05, 0.1) is 29.0 Å². The van der Waals surface area contributed by atoms with E-state index in [1.807, 2.05) is 27.7 Å². The number of hydrogen-bond donors (Lipinski definition) is 1. The fourth-order valence-corrected chi connectivity index (χ4v) is 7.28. The van der Waals surface area contributed by atoms with Gasteiger partial charge >= 0.3 is 0 Å². The van der Waals surface area contributed by atoms with Gasteiger partial charge in [0.1, 0.15) is 17.3 Å². The average molecular weight is 676 g/mol. The largest absolute Gasteiger partial charge is 0.321 e. The van der Waals surface area contributed by atoms with E-state index in [0.29, 0.717) is 52.4 Å². The lowest BCUT2D eigenvalue weighted by atomic mass is 10.0. The van der Waals surface area contributed by atoms with Crippen LogP contribution in [0.5, 0.6) is 0 Å². The van der Waals surface area contributed by atoms with Gasteiger partial charge in [-0.3, -0.25) is 14.6 Å². The van der Waals surface area contributed by atoms with E-state index in [1.165, 1.54) is 12.1 Å². The summed E-state index contributed by atoms with van der Waals surface area (Å²) in [6.45, 7) is 13.1. The second-order valence-electron chi connectivity index (χ2n) is 13.2. The topological polar surface area (TPSA) is 114 Å². The summed E-state index contributed by atoms with van der Waals surface area (Å²) in [5.74, 6) is -0.414. The molecular weight excluding hydrogens is 630 g/mol. The quantitative estimate of drug-likeness (QED) is 0.144. The van der Waals surface area contributed by atoms with Crippen LogP contribution in [0.3, 0.4) is 0 Å². The fraction of sp³-hybridized carbons (Fsp3) is 0.405. The minimum Gasteiger partial charge on any atom is -0.321 e. The number of pyridine rings is 1. The van der Waals surface area contributed by atoms with Crippen molar-refractivity contribution < 1.29 is 22.4 Å². The Labute approximate surface area is 283 Å². The van der Waals surface area contributed by atoms with Crippen LogP contribution in [0.15, 0.2) is 71.9 Å². The van der Waals surface area contributed by atoms with Crippen molar-refractivity contribution in [3.05, 3.63) is 95.6 Å². The molecule has 0 bridgehead atoms. The van der Waals surface area contributed by atoms with Crippen molar-refractivity contribution in [2.45, 2.75) is 91.1 Å². The average Bonchev–Trinajstić information content (AvgIpc) is 3.38. The number of nitrogens with one attached hydrogen (secondary N) is 1. The molecule has 48 heavy (non-hydrogen) atoms. The first kappa shape index (κ1) is 36.6. The number of ketones is 1. The van der Waals surface area contributed by atoms with Crippen molar-refractivity contribution in [1.82, 2.24) is 19.3 Å². The summed E-state index contributed by atoms with van der Waals surface area (Å²) < 4.78 is 46.9. The van der Waals surface area contributed by atoms with E-state index in [-0.39, 0.29) is 42.0 Å². The highest BCUT2D eigenvalue weighted by atomic mass is 32.2. The van der Waals surface area contributed by atoms with Gasteiger partial charge in [-0.05, 0) is 63.4 Å². The number of aryl methyl sites for hydroxylation is 2. The van der Waals surface area contributed by atoms with Gasteiger partial charge in [-0.15, -0.1) is 0 Å². The lowest BCUT2D eigenvalue weighted by Crippen LogP contribution is -2.40. The zero-order chi connectivity index (χ0) is 35.2.